The molecule has 6 heteroatoms. The smallest absolute Gasteiger partial charge is 0.343 e. The van der Waals surface area contributed by atoms with Crippen LogP contribution in [0.4, 0.5) is 10.1 Å². The van der Waals surface area contributed by atoms with E-state index < -0.39 is 11.8 Å². The molecule has 0 fully saturated rings. The lowest BCUT2D eigenvalue weighted by atomic mass is 10.1. The van der Waals surface area contributed by atoms with E-state index in [1.165, 1.54) is 43.3 Å². The number of halogens is 1. The molecule has 0 amide bonds. The number of rotatable bonds is 10. The molecule has 5 nitrogen and oxygen atoms in total. The number of hydrogen-bond acceptors (Lipinski definition) is 5. The number of phenols is 1. The number of benzene rings is 3. The summed E-state index contributed by atoms with van der Waals surface area (Å²) in [6.45, 7) is 4.55. The van der Waals surface area contributed by atoms with E-state index in [0.717, 1.165) is 12.8 Å². The number of hydrogen-bond donors (Lipinski definition) is 1. The lowest BCUT2D eigenvalue weighted by Crippen LogP contribution is -2.10. The van der Waals surface area contributed by atoms with Gasteiger partial charge in [0.15, 0.2) is 0 Å². The van der Waals surface area contributed by atoms with Gasteiger partial charge in [-0.3, -0.25) is 4.99 Å². The molecule has 0 aliphatic rings. The first-order valence-corrected chi connectivity index (χ1v) is 11.0. The van der Waals surface area contributed by atoms with Crippen molar-refractivity contribution in [3.05, 3.63) is 83.2 Å². The molecule has 3 aromatic carbocycles. The summed E-state index contributed by atoms with van der Waals surface area (Å²) in [5, 5.41) is 10.3. The molecule has 1 N–H and O–H groups in total. The predicted molar refractivity (Wildman–Crippen MR) is 128 cm³/mol. The van der Waals surface area contributed by atoms with Gasteiger partial charge in [-0.1, -0.05) is 32.3 Å². The molecule has 0 aliphatic carbocycles. The van der Waals surface area contributed by atoms with Crippen molar-refractivity contribution in [3.63, 3.8) is 0 Å². The molecule has 0 bridgehead atoms. The molecule has 3 rings (SSSR count). The molecule has 0 heterocycles. The molecule has 0 aliphatic heterocycles. The SMILES string of the molecule is CCCCCCOc1ccc(C=Nc2cccc(C(=O)Oc3ccc(F)cc3)c2C)c(O)c1. The van der Waals surface area contributed by atoms with E-state index in [0.29, 0.717) is 34.7 Å². The highest BCUT2D eigenvalue weighted by Crippen LogP contribution is 2.26. The van der Waals surface area contributed by atoms with E-state index in [-0.39, 0.29) is 11.5 Å². The van der Waals surface area contributed by atoms with Crippen molar-refractivity contribution in [3.8, 4) is 17.2 Å². The normalized spacial score (nSPS) is 11.0. The Bertz CT molecular complexity index is 1110. The van der Waals surface area contributed by atoms with E-state index in [4.69, 9.17) is 9.47 Å². The highest BCUT2D eigenvalue weighted by Gasteiger charge is 2.14. The summed E-state index contributed by atoms with van der Waals surface area (Å²) in [4.78, 5) is 17.0. The van der Waals surface area contributed by atoms with Crippen LogP contribution in [-0.2, 0) is 0 Å². The van der Waals surface area contributed by atoms with Gasteiger partial charge in [0, 0.05) is 17.8 Å². The summed E-state index contributed by atoms with van der Waals surface area (Å²) in [6.07, 6.45) is 6.01. The number of ether oxygens (including phenoxy) is 2. The average Bonchev–Trinajstić information content (AvgIpc) is 2.80. The predicted octanol–water partition coefficient (Wildman–Crippen LogP) is 6.77. The topological polar surface area (TPSA) is 68.1 Å². The first-order valence-electron chi connectivity index (χ1n) is 11.0. The van der Waals surface area contributed by atoms with Gasteiger partial charge in [0.1, 0.15) is 23.1 Å². The zero-order chi connectivity index (χ0) is 23.6. The van der Waals surface area contributed by atoms with Gasteiger partial charge in [0.25, 0.3) is 0 Å². The molecule has 0 saturated carbocycles. The maximum atomic E-state index is 13.1. The van der Waals surface area contributed by atoms with E-state index in [1.807, 2.05) is 0 Å². The monoisotopic (exact) mass is 449 g/mol. The minimum Gasteiger partial charge on any atom is -0.507 e. The molecule has 0 spiro atoms. The van der Waals surface area contributed by atoms with Crippen LogP contribution in [0.1, 0.15) is 54.1 Å². The first-order chi connectivity index (χ1) is 16.0. The Labute approximate surface area is 193 Å². The maximum Gasteiger partial charge on any atom is 0.343 e. The van der Waals surface area contributed by atoms with Crippen LogP contribution in [0, 0.1) is 12.7 Å². The summed E-state index contributed by atoms with van der Waals surface area (Å²) in [5.41, 5.74) is 2.09. The Kier molecular flexibility index (Phi) is 8.58. The Morgan fingerprint density at radius 3 is 2.52 bits per heavy atom. The Balaban J connectivity index is 1.67. The van der Waals surface area contributed by atoms with Gasteiger partial charge in [-0.2, -0.15) is 0 Å². The fourth-order valence-electron chi connectivity index (χ4n) is 3.23. The standard InChI is InChI=1S/C27H28FNO4/c1-3-4-5-6-16-32-23-13-10-20(26(30)17-23)18-29-25-9-7-8-24(19(25)2)27(31)33-22-14-11-21(28)12-15-22/h7-15,17-18,30H,3-6,16H2,1-2H3. The Hall–Kier alpha value is -3.67. The summed E-state index contributed by atoms with van der Waals surface area (Å²) < 4.78 is 24.1. The third-order valence-corrected chi connectivity index (χ3v) is 5.16. The second-order valence-electron chi connectivity index (χ2n) is 7.68. The van der Waals surface area contributed by atoms with Crippen LogP contribution in [0.15, 0.2) is 65.7 Å². The molecular formula is C27H28FNO4. The first kappa shape index (κ1) is 24.0. The summed E-state index contributed by atoms with van der Waals surface area (Å²) in [7, 11) is 0. The van der Waals surface area contributed by atoms with Crippen molar-refractivity contribution in [2.75, 3.05) is 6.61 Å². The summed E-state index contributed by atoms with van der Waals surface area (Å²) >= 11 is 0. The number of phenolic OH excluding ortho intramolecular Hbond substituents is 1. The van der Waals surface area contributed by atoms with Crippen molar-refractivity contribution in [2.24, 2.45) is 4.99 Å². The number of esters is 1. The van der Waals surface area contributed by atoms with Crippen LogP contribution < -0.4 is 9.47 Å². The lowest BCUT2D eigenvalue weighted by Gasteiger charge is -2.09. The zero-order valence-corrected chi connectivity index (χ0v) is 18.9. The van der Waals surface area contributed by atoms with Crippen molar-refractivity contribution < 1.29 is 23.8 Å². The molecule has 172 valence electrons. The minimum absolute atomic E-state index is 0.0642. The van der Waals surface area contributed by atoms with Crippen LogP contribution in [0.3, 0.4) is 0 Å². The summed E-state index contributed by atoms with van der Waals surface area (Å²) in [5.74, 6) is -0.0268. The number of nitrogens with zero attached hydrogens (tertiary/aromatic N) is 1. The fourth-order valence-corrected chi connectivity index (χ4v) is 3.23. The molecule has 0 atom stereocenters. The second-order valence-corrected chi connectivity index (χ2v) is 7.68. The number of carbonyl (C=O) groups is 1. The number of carbonyl (C=O) groups excluding carboxylic acids is 1. The van der Waals surface area contributed by atoms with Crippen LogP contribution in [-0.4, -0.2) is 23.9 Å². The van der Waals surface area contributed by atoms with Crippen molar-refractivity contribution in [1.82, 2.24) is 0 Å². The maximum absolute atomic E-state index is 13.1. The van der Waals surface area contributed by atoms with E-state index in [9.17, 15) is 14.3 Å². The number of aliphatic imine (C=N–C) groups is 1. The van der Waals surface area contributed by atoms with Crippen LogP contribution >= 0.6 is 0 Å². The lowest BCUT2D eigenvalue weighted by molar-refractivity contribution is 0.0734. The third-order valence-electron chi connectivity index (χ3n) is 5.16. The molecule has 0 unspecified atom stereocenters. The Morgan fingerprint density at radius 2 is 1.79 bits per heavy atom. The van der Waals surface area contributed by atoms with Crippen molar-refractivity contribution in [1.29, 1.82) is 0 Å². The van der Waals surface area contributed by atoms with Gasteiger partial charge in [-0.15, -0.1) is 0 Å². The average molecular weight is 450 g/mol. The van der Waals surface area contributed by atoms with Gasteiger partial charge in [0.05, 0.1) is 17.9 Å². The van der Waals surface area contributed by atoms with Crippen molar-refractivity contribution >= 4 is 17.9 Å². The third kappa shape index (κ3) is 6.91. The van der Waals surface area contributed by atoms with Gasteiger partial charge < -0.3 is 14.6 Å². The van der Waals surface area contributed by atoms with Crippen LogP contribution in [0.5, 0.6) is 17.2 Å². The summed E-state index contributed by atoms with van der Waals surface area (Å²) in [6, 6.07) is 15.5. The Morgan fingerprint density at radius 1 is 1.03 bits per heavy atom. The van der Waals surface area contributed by atoms with E-state index in [1.54, 1.807) is 43.3 Å². The number of unbranched alkanes of at least 4 members (excludes halogenated alkanes) is 3. The van der Waals surface area contributed by atoms with Gasteiger partial charge in [0.2, 0.25) is 0 Å². The second kappa shape index (κ2) is 11.8. The molecule has 0 saturated heterocycles. The van der Waals surface area contributed by atoms with Gasteiger partial charge in [-0.05, 0) is 67.4 Å². The quantitative estimate of drug-likeness (QED) is 0.161. The zero-order valence-electron chi connectivity index (χ0n) is 18.9. The molecule has 0 radical (unpaired) electrons. The van der Waals surface area contributed by atoms with Gasteiger partial charge >= 0.3 is 5.97 Å². The largest absolute Gasteiger partial charge is 0.507 e. The van der Waals surface area contributed by atoms with Gasteiger partial charge in [-0.25, -0.2) is 9.18 Å². The molecule has 0 aromatic heterocycles. The van der Waals surface area contributed by atoms with Crippen molar-refractivity contribution in [2.45, 2.75) is 39.5 Å². The fraction of sp³-hybridized carbons (Fsp3) is 0.259. The van der Waals surface area contributed by atoms with E-state index in [2.05, 4.69) is 11.9 Å². The molecule has 33 heavy (non-hydrogen) atoms. The highest BCUT2D eigenvalue weighted by atomic mass is 19.1. The minimum atomic E-state index is -0.556. The number of aromatic hydroxyl groups is 1. The van der Waals surface area contributed by atoms with Crippen LogP contribution in [0.2, 0.25) is 0 Å². The van der Waals surface area contributed by atoms with E-state index >= 15 is 0 Å². The molecular weight excluding hydrogens is 421 g/mol. The molecule has 3 aromatic rings. The van der Waals surface area contributed by atoms with Crippen LogP contribution in [0.25, 0.3) is 0 Å². The highest BCUT2D eigenvalue weighted by molar-refractivity contribution is 5.94.